The van der Waals surface area contributed by atoms with Crippen molar-refractivity contribution >= 4 is 23.2 Å². The van der Waals surface area contributed by atoms with E-state index in [2.05, 4.69) is 4.90 Å². The van der Waals surface area contributed by atoms with Crippen molar-refractivity contribution in [2.45, 2.75) is 51.2 Å². The van der Waals surface area contributed by atoms with E-state index in [1.54, 1.807) is 32.1 Å². The van der Waals surface area contributed by atoms with Gasteiger partial charge in [-0.1, -0.05) is 30.7 Å². The van der Waals surface area contributed by atoms with Crippen molar-refractivity contribution in [2.75, 3.05) is 58.5 Å². The maximum Gasteiger partial charge on any atom is 0.256 e. The second-order valence-corrected chi connectivity index (χ2v) is 11.3. The van der Waals surface area contributed by atoms with Crippen LogP contribution in [0.3, 0.4) is 0 Å². The highest BCUT2D eigenvalue weighted by atomic mass is 35.5. The molecule has 0 unspecified atom stereocenters. The quantitative estimate of drug-likeness (QED) is 0.371. The van der Waals surface area contributed by atoms with Crippen molar-refractivity contribution < 1.29 is 29.2 Å². The Morgan fingerprint density at radius 2 is 1.79 bits per heavy atom. The Labute approximate surface area is 236 Å². The summed E-state index contributed by atoms with van der Waals surface area (Å²) < 4.78 is 18.0. The standard InChI is InChI=1S/C30H41ClN2O6/c1-30(19-34,20-35)18-33-24-13-12-21(31)17-23(24)27(22-9-8-11-25(37-2)28(22)38-3)39-26(29(33)36)10-4-5-14-32-15-6-7-16-32/h8-9,11-13,17,26-27,34-35H,4-7,10,14-16,18-20H2,1-3H3/t26-,27-/m1/s1. The fourth-order valence-corrected chi connectivity index (χ4v) is 5.67. The van der Waals surface area contributed by atoms with Crippen LogP contribution in [0.25, 0.3) is 0 Å². The normalized spacial score (nSPS) is 20.2. The number of amides is 1. The zero-order valence-corrected chi connectivity index (χ0v) is 24.0. The van der Waals surface area contributed by atoms with Crippen molar-refractivity contribution in [3.05, 3.63) is 52.5 Å². The van der Waals surface area contributed by atoms with E-state index in [1.807, 2.05) is 30.3 Å². The van der Waals surface area contributed by atoms with Crippen LogP contribution in [-0.2, 0) is 9.53 Å². The molecule has 2 aliphatic rings. The topological polar surface area (TPSA) is 91.7 Å². The first-order chi connectivity index (χ1) is 18.8. The molecular formula is C30H41ClN2O6. The van der Waals surface area contributed by atoms with Crippen molar-refractivity contribution in [3.63, 3.8) is 0 Å². The molecule has 1 fully saturated rings. The summed E-state index contributed by atoms with van der Waals surface area (Å²) in [7, 11) is 3.16. The predicted molar refractivity (Wildman–Crippen MR) is 152 cm³/mol. The zero-order valence-electron chi connectivity index (χ0n) is 23.2. The van der Waals surface area contributed by atoms with E-state index >= 15 is 0 Å². The summed E-state index contributed by atoms with van der Waals surface area (Å²) in [6, 6.07) is 11.0. The number of fused-ring (bicyclic) bond motifs is 1. The summed E-state index contributed by atoms with van der Waals surface area (Å²) in [4.78, 5) is 18.3. The van der Waals surface area contributed by atoms with Crippen molar-refractivity contribution in [1.82, 2.24) is 4.90 Å². The molecular weight excluding hydrogens is 520 g/mol. The highest BCUT2D eigenvalue weighted by Crippen LogP contribution is 2.45. The molecule has 2 aromatic carbocycles. The van der Waals surface area contributed by atoms with Gasteiger partial charge in [0.15, 0.2) is 11.5 Å². The van der Waals surface area contributed by atoms with E-state index in [0.717, 1.165) is 38.0 Å². The molecule has 0 aliphatic carbocycles. The molecule has 2 N–H and O–H groups in total. The van der Waals surface area contributed by atoms with Crippen LogP contribution in [0.1, 0.15) is 56.3 Å². The van der Waals surface area contributed by atoms with Crippen LogP contribution < -0.4 is 14.4 Å². The number of hydrogen-bond donors (Lipinski definition) is 2. The van der Waals surface area contributed by atoms with Crippen LogP contribution in [0, 0.1) is 5.41 Å². The SMILES string of the molecule is COc1cccc([C@H]2O[C@H](CCCCN3CCCC3)C(=O)N(CC(C)(CO)CO)c3ccc(Cl)cc32)c1OC. The number of aliphatic hydroxyl groups excluding tert-OH is 2. The summed E-state index contributed by atoms with van der Waals surface area (Å²) in [6.07, 6.45) is 3.45. The number of rotatable bonds is 12. The third-order valence-corrected chi connectivity index (χ3v) is 8.05. The maximum atomic E-state index is 14.1. The van der Waals surface area contributed by atoms with Gasteiger partial charge in [-0.2, -0.15) is 0 Å². The van der Waals surface area contributed by atoms with Crippen LogP contribution in [0.5, 0.6) is 11.5 Å². The highest BCUT2D eigenvalue weighted by molar-refractivity contribution is 6.30. The molecule has 1 amide bonds. The van der Waals surface area contributed by atoms with Gasteiger partial charge in [0.1, 0.15) is 12.2 Å². The van der Waals surface area contributed by atoms with Gasteiger partial charge in [-0.05, 0) is 76.0 Å². The first-order valence-corrected chi connectivity index (χ1v) is 14.1. The number of nitrogens with zero attached hydrogens (tertiary/aromatic N) is 2. The minimum atomic E-state index is -0.902. The molecule has 39 heavy (non-hydrogen) atoms. The Morgan fingerprint density at radius 1 is 1.05 bits per heavy atom. The largest absolute Gasteiger partial charge is 0.493 e. The number of unbranched alkanes of at least 4 members (excludes halogenated alkanes) is 1. The van der Waals surface area contributed by atoms with Gasteiger partial charge < -0.3 is 34.2 Å². The molecule has 2 atom stereocenters. The first-order valence-electron chi connectivity index (χ1n) is 13.8. The zero-order chi connectivity index (χ0) is 28.0. The molecule has 214 valence electrons. The Kier molecular flexibility index (Phi) is 10.1. The van der Waals surface area contributed by atoms with Gasteiger partial charge in [-0.25, -0.2) is 0 Å². The second kappa shape index (κ2) is 13.3. The summed E-state index contributed by atoms with van der Waals surface area (Å²) in [6.45, 7) is 4.64. The van der Waals surface area contributed by atoms with Gasteiger partial charge >= 0.3 is 0 Å². The van der Waals surface area contributed by atoms with Crippen LogP contribution in [0.15, 0.2) is 36.4 Å². The molecule has 4 rings (SSSR count). The molecule has 0 bridgehead atoms. The Morgan fingerprint density at radius 3 is 2.46 bits per heavy atom. The lowest BCUT2D eigenvalue weighted by atomic mass is 9.91. The fourth-order valence-electron chi connectivity index (χ4n) is 5.49. The summed E-state index contributed by atoms with van der Waals surface area (Å²) in [5.74, 6) is 0.891. The monoisotopic (exact) mass is 560 g/mol. The molecule has 0 spiro atoms. The van der Waals surface area contributed by atoms with Gasteiger partial charge in [0.25, 0.3) is 5.91 Å². The highest BCUT2D eigenvalue weighted by Gasteiger charge is 2.40. The maximum absolute atomic E-state index is 14.1. The van der Waals surface area contributed by atoms with Crippen molar-refractivity contribution in [1.29, 1.82) is 0 Å². The molecule has 0 saturated carbocycles. The minimum Gasteiger partial charge on any atom is -0.493 e. The van der Waals surface area contributed by atoms with E-state index in [0.29, 0.717) is 34.2 Å². The number of anilines is 1. The van der Waals surface area contributed by atoms with Gasteiger partial charge in [0, 0.05) is 33.8 Å². The lowest BCUT2D eigenvalue weighted by Gasteiger charge is -2.34. The van der Waals surface area contributed by atoms with E-state index < -0.39 is 17.6 Å². The predicted octanol–water partition coefficient (Wildman–Crippen LogP) is 4.44. The fraction of sp³-hybridized carbons (Fsp3) is 0.567. The molecule has 2 aromatic rings. The summed E-state index contributed by atoms with van der Waals surface area (Å²) in [5, 5.41) is 20.7. The molecule has 0 radical (unpaired) electrons. The number of ether oxygens (including phenoxy) is 3. The van der Waals surface area contributed by atoms with Gasteiger partial charge in [-0.15, -0.1) is 0 Å². The Balaban J connectivity index is 1.75. The number of methoxy groups -OCH3 is 2. The third-order valence-electron chi connectivity index (χ3n) is 7.81. The number of para-hydroxylation sites is 1. The number of carbonyl (C=O) groups excluding carboxylic acids is 1. The molecule has 9 heteroatoms. The third kappa shape index (κ3) is 6.69. The van der Waals surface area contributed by atoms with Crippen LogP contribution in [0.2, 0.25) is 5.02 Å². The Bertz CT molecular complexity index is 1120. The number of carbonyl (C=O) groups is 1. The van der Waals surface area contributed by atoms with Crippen LogP contribution in [-0.4, -0.2) is 80.7 Å². The Hall–Kier alpha value is -2.36. The molecule has 1 saturated heterocycles. The van der Waals surface area contributed by atoms with E-state index in [1.165, 1.54) is 12.8 Å². The lowest BCUT2D eigenvalue weighted by molar-refractivity contribution is -0.133. The smallest absolute Gasteiger partial charge is 0.256 e. The molecule has 0 aromatic heterocycles. The number of hydrogen-bond acceptors (Lipinski definition) is 7. The van der Waals surface area contributed by atoms with Gasteiger partial charge in [0.2, 0.25) is 0 Å². The second-order valence-electron chi connectivity index (χ2n) is 10.9. The van der Waals surface area contributed by atoms with Crippen LogP contribution in [0.4, 0.5) is 5.69 Å². The number of benzene rings is 2. The summed E-state index contributed by atoms with van der Waals surface area (Å²) in [5.41, 5.74) is 1.16. The van der Waals surface area contributed by atoms with E-state index in [4.69, 9.17) is 25.8 Å². The first kappa shape index (κ1) is 29.6. The average molecular weight is 561 g/mol. The average Bonchev–Trinajstić information content (AvgIpc) is 3.45. The van der Waals surface area contributed by atoms with Crippen molar-refractivity contribution in [2.24, 2.45) is 5.41 Å². The van der Waals surface area contributed by atoms with Crippen LogP contribution >= 0.6 is 11.6 Å². The van der Waals surface area contributed by atoms with Gasteiger partial charge in [0.05, 0.1) is 27.4 Å². The van der Waals surface area contributed by atoms with Crippen molar-refractivity contribution in [3.8, 4) is 11.5 Å². The number of likely N-dealkylation sites (tertiary alicyclic amines) is 1. The lowest BCUT2D eigenvalue weighted by Crippen LogP contribution is -2.47. The summed E-state index contributed by atoms with van der Waals surface area (Å²) >= 11 is 6.49. The molecule has 2 heterocycles. The van der Waals surface area contributed by atoms with Gasteiger partial charge in [-0.3, -0.25) is 4.79 Å². The number of aliphatic hydroxyl groups is 2. The van der Waals surface area contributed by atoms with E-state index in [-0.39, 0.29) is 25.7 Å². The van der Waals surface area contributed by atoms with E-state index in [9.17, 15) is 15.0 Å². The minimum absolute atomic E-state index is 0.128. The number of halogens is 1. The molecule has 8 nitrogen and oxygen atoms in total. The molecule has 2 aliphatic heterocycles.